The Morgan fingerprint density at radius 1 is 1.31 bits per heavy atom. The number of amides is 1. The van der Waals surface area contributed by atoms with Crippen molar-refractivity contribution in [3.8, 4) is 0 Å². The highest BCUT2D eigenvalue weighted by Gasteiger charge is 2.43. The van der Waals surface area contributed by atoms with Crippen LogP contribution in [-0.4, -0.2) is 69.1 Å². The fraction of sp³-hybridized carbons (Fsp3) is 0.875. The topological polar surface area (TPSA) is 151 Å². The Bertz CT molecular complexity index is 236. The summed E-state index contributed by atoms with van der Waals surface area (Å²) < 4.78 is 4.81. The van der Waals surface area contributed by atoms with Crippen LogP contribution in [0.4, 0.5) is 0 Å². The Kier molecular flexibility index (Phi) is 5.79. The zero-order chi connectivity index (χ0) is 11.6. The number of nitrogens with one attached hydrogen (secondary N) is 1. The van der Waals surface area contributed by atoms with Gasteiger partial charge in [0, 0.05) is 6.92 Å². The molecule has 0 aliphatic carbocycles. The summed E-state index contributed by atoms with van der Waals surface area (Å²) in [4.78, 5) is 10.7. The lowest BCUT2D eigenvalue weighted by Crippen LogP contribution is -2.63. The first-order chi connectivity index (χ1) is 6.97. The molecule has 0 aromatic rings. The van der Waals surface area contributed by atoms with E-state index >= 15 is 0 Å². The first-order valence-corrected chi connectivity index (χ1v) is 4.55. The standard InChI is InChI=1S/C8H15NO6.H2O/c1-3(11)9-5-7(13)6(12)4(2-10)15-8(5)14;/h4-8,10,12-14H,2H2,1H3,(H,9,11);1H2/t4-,5-,6-,7-,8?;/m1./s1. The van der Waals surface area contributed by atoms with Crippen molar-refractivity contribution in [1.82, 2.24) is 5.32 Å². The normalized spacial score (nSPS) is 38.7. The van der Waals surface area contributed by atoms with E-state index in [1.807, 2.05) is 0 Å². The number of ether oxygens (including phenoxy) is 1. The highest BCUT2D eigenvalue weighted by molar-refractivity contribution is 5.73. The lowest BCUT2D eigenvalue weighted by atomic mass is 9.97. The van der Waals surface area contributed by atoms with Crippen molar-refractivity contribution in [2.24, 2.45) is 0 Å². The number of aliphatic hydroxyl groups is 4. The minimum Gasteiger partial charge on any atom is -0.412 e. The van der Waals surface area contributed by atoms with Crippen molar-refractivity contribution in [1.29, 1.82) is 0 Å². The number of aliphatic hydroxyl groups excluding tert-OH is 4. The van der Waals surface area contributed by atoms with E-state index < -0.39 is 43.2 Å². The second-order valence-electron chi connectivity index (χ2n) is 3.46. The SMILES string of the molecule is CC(=O)N[C@H]1C(O)O[C@H](CO)[C@@H](O)[C@@H]1O.O. The predicted octanol–water partition coefficient (Wildman–Crippen LogP) is -3.90. The molecule has 1 aliphatic rings. The smallest absolute Gasteiger partial charge is 0.217 e. The Hall–Kier alpha value is -0.770. The van der Waals surface area contributed by atoms with Gasteiger partial charge in [-0.15, -0.1) is 0 Å². The summed E-state index contributed by atoms with van der Waals surface area (Å²) in [5, 5.41) is 39.4. The van der Waals surface area contributed by atoms with Gasteiger partial charge in [-0.3, -0.25) is 4.79 Å². The van der Waals surface area contributed by atoms with Crippen molar-refractivity contribution in [3.05, 3.63) is 0 Å². The van der Waals surface area contributed by atoms with Gasteiger partial charge in [-0.1, -0.05) is 0 Å². The maximum atomic E-state index is 10.7. The van der Waals surface area contributed by atoms with Crippen LogP contribution in [-0.2, 0) is 9.53 Å². The second kappa shape index (κ2) is 6.09. The molecule has 1 unspecified atom stereocenters. The van der Waals surface area contributed by atoms with Crippen LogP contribution < -0.4 is 5.32 Å². The van der Waals surface area contributed by atoms with Crippen LogP contribution in [0.5, 0.6) is 0 Å². The van der Waals surface area contributed by atoms with E-state index in [1.54, 1.807) is 0 Å². The second-order valence-corrected chi connectivity index (χ2v) is 3.46. The number of hydrogen-bond donors (Lipinski definition) is 5. The quantitative estimate of drug-likeness (QED) is 0.332. The van der Waals surface area contributed by atoms with Gasteiger partial charge in [0.05, 0.1) is 6.61 Å². The third-order valence-electron chi connectivity index (χ3n) is 2.27. The van der Waals surface area contributed by atoms with Crippen molar-refractivity contribution in [3.63, 3.8) is 0 Å². The van der Waals surface area contributed by atoms with Gasteiger partial charge in [-0.05, 0) is 0 Å². The van der Waals surface area contributed by atoms with E-state index in [1.165, 1.54) is 6.92 Å². The summed E-state index contributed by atoms with van der Waals surface area (Å²) >= 11 is 0. The van der Waals surface area contributed by atoms with Crippen LogP contribution in [0.1, 0.15) is 6.92 Å². The van der Waals surface area contributed by atoms with Gasteiger partial charge in [-0.25, -0.2) is 0 Å². The largest absolute Gasteiger partial charge is 0.412 e. The van der Waals surface area contributed by atoms with Crippen LogP contribution in [0.3, 0.4) is 0 Å². The summed E-state index contributed by atoms with van der Waals surface area (Å²) in [5.74, 6) is -0.462. The Labute approximate surface area is 91.8 Å². The van der Waals surface area contributed by atoms with Crippen LogP contribution in [0.2, 0.25) is 0 Å². The minimum atomic E-state index is -1.45. The van der Waals surface area contributed by atoms with E-state index in [4.69, 9.17) is 9.84 Å². The zero-order valence-electron chi connectivity index (χ0n) is 8.70. The van der Waals surface area contributed by atoms with E-state index in [0.29, 0.717) is 0 Å². The van der Waals surface area contributed by atoms with Gasteiger partial charge in [0.2, 0.25) is 5.91 Å². The van der Waals surface area contributed by atoms with E-state index in [0.717, 1.165) is 0 Å². The summed E-state index contributed by atoms with van der Waals surface area (Å²) in [6, 6.07) is -1.10. The third kappa shape index (κ3) is 3.11. The maximum absolute atomic E-state index is 10.7. The summed E-state index contributed by atoms with van der Waals surface area (Å²) in [6.45, 7) is 0.687. The molecule has 7 N–H and O–H groups in total. The molecule has 1 rings (SSSR count). The van der Waals surface area contributed by atoms with Gasteiger partial charge in [0.1, 0.15) is 24.4 Å². The van der Waals surface area contributed by atoms with Crippen molar-refractivity contribution < 1.29 is 35.4 Å². The molecule has 8 heteroatoms. The number of hydrogen-bond acceptors (Lipinski definition) is 6. The van der Waals surface area contributed by atoms with E-state index in [-0.39, 0.29) is 5.48 Å². The summed E-state index contributed by atoms with van der Waals surface area (Å²) in [7, 11) is 0. The van der Waals surface area contributed by atoms with Crippen molar-refractivity contribution in [2.45, 2.75) is 37.6 Å². The van der Waals surface area contributed by atoms with Gasteiger partial charge >= 0.3 is 0 Å². The van der Waals surface area contributed by atoms with Gasteiger partial charge < -0.3 is 36.0 Å². The molecular weight excluding hydrogens is 222 g/mol. The molecule has 96 valence electrons. The van der Waals surface area contributed by atoms with Crippen molar-refractivity contribution in [2.75, 3.05) is 6.61 Å². The zero-order valence-corrected chi connectivity index (χ0v) is 8.70. The molecular formula is C8H17NO7. The molecule has 1 saturated heterocycles. The molecule has 1 heterocycles. The maximum Gasteiger partial charge on any atom is 0.217 e. The Morgan fingerprint density at radius 2 is 1.88 bits per heavy atom. The minimum absolute atomic E-state index is 0. The van der Waals surface area contributed by atoms with Crippen LogP contribution in [0.15, 0.2) is 0 Å². The molecule has 0 aromatic carbocycles. The molecule has 1 fully saturated rings. The highest BCUT2D eigenvalue weighted by Crippen LogP contribution is 2.19. The van der Waals surface area contributed by atoms with Crippen LogP contribution in [0, 0.1) is 0 Å². The fourth-order valence-corrected chi connectivity index (χ4v) is 1.49. The monoisotopic (exact) mass is 239 g/mol. The molecule has 1 amide bonds. The molecule has 0 bridgehead atoms. The average Bonchev–Trinajstić information content (AvgIpc) is 2.18. The average molecular weight is 239 g/mol. The molecule has 1 aliphatic heterocycles. The molecule has 8 nitrogen and oxygen atoms in total. The molecule has 0 aromatic heterocycles. The number of carbonyl (C=O) groups is 1. The molecule has 16 heavy (non-hydrogen) atoms. The number of carbonyl (C=O) groups excluding carboxylic acids is 1. The van der Waals surface area contributed by atoms with Gasteiger partial charge in [0.25, 0.3) is 0 Å². The van der Waals surface area contributed by atoms with Gasteiger partial charge in [-0.2, -0.15) is 0 Å². The third-order valence-corrected chi connectivity index (χ3v) is 2.27. The molecule has 0 saturated carbocycles. The van der Waals surface area contributed by atoms with Crippen LogP contribution >= 0.6 is 0 Å². The highest BCUT2D eigenvalue weighted by atomic mass is 16.6. The van der Waals surface area contributed by atoms with E-state index in [9.17, 15) is 20.1 Å². The van der Waals surface area contributed by atoms with Crippen molar-refractivity contribution >= 4 is 5.91 Å². The number of rotatable bonds is 2. The molecule has 5 atom stereocenters. The summed E-state index contributed by atoms with van der Waals surface area (Å²) in [5.41, 5.74) is 0. The molecule has 0 radical (unpaired) electrons. The Morgan fingerprint density at radius 3 is 2.31 bits per heavy atom. The first kappa shape index (κ1) is 15.2. The van der Waals surface area contributed by atoms with Gasteiger partial charge in [0.15, 0.2) is 6.29 Å². The Balaban J connectivity index is 0.00000225. The predicted molar refractivity (Wildman–Crippen MR) is 51.2 cm³/mol. The first-order valence-electron chi connectivity index (χ1n) is 4.55. The lowest BCUT2D eigenvalue weighted by molar-refractivity contribution is -0.253. The van der Waals surface area contributed by atoms with Crippen LogP contribution in [0.25, 0.3) is 0 Å². The summed E-state index contributed by atoms with van der Waals surface area (Å²) in [6.07, 6.45) is -5.24. The lowest BCUT2D eigenvalue weighted by Gasteiger charge is -2.40. The van der Waals surface area contributed by atoms with E-state index in [2.05, 4.69) is 5.32 Å². The fourth-order valence-electron chi connectivity index (χ4n) is 1.49. The molecule has 0 spiro atoms.